The van der Waals surface area contributed by atoms with Crippen LogP contribution in [-0.4, -0.2) is 34.6 Å². The summed E-state index contributed by atoms with van der Waals surface area (Å²) in [6, 6.07) is 0.790. The van der Waals surface area contributed by atoms with Crippen molar-refractivity contribution in [3.63, 3.8) is 0 Å². The third kappa shape index (κ3) is 2.96. The highest BCUT2D eigenvalue weighted by atomic mass is 16.4. The molecule has 4 unspecified atom stereocenters. The van der Waals surface area contributed by atoms with Crippen LogP contribution in [0.15, 0.2) is 0 Å². The van der Waals surface area contributed by atoms with Crippen molar-refractivity contribution in [2.75, 3.05) is 6.54 Å². The van der Waals surface area contributed by atoms with Gasteiger partial charge < -0.3 is 5.11 Å². The van der Waals surface area contributed by atoms with E-state index in [9.17, 15) is 9.90 Å². The maximum Gasteiger partial charge on any atom is 0.308 e. The van der Waals surface area contributed by atoms with Gasteiger partial charge in [-0.05, 0) is 44.1 Å². The Kier molecular flexibility index (Phi) is 4.24. The zero-order valence-electron chi connectivity index (χ0n) is 12.9. The highest BCUT2D eigenvalue weighted by molar-refractivity contribution is 5.71. The van der Waals surface area contributed by atoms with Crippen LogP contribution in [0.5, 0.6) is 0 Å². The summed E-state index contributed by atoms with van der Waals surface area (Å²) in [6.45, 7) is 10.1. The van der Waals surface area contributed by atoms with E-state index in [2.05, 4.69) is 32.6 Å². The van der Waals surface area contributed by atoms with Crippen LogP contribution in [0.4, 0.5) is 0 Å². The molecule has 110 valence electrons. The molecule has 4 atom stereocenters. The molecule has 1 saturated heterocycles. The maximum absolute atomic E-state index is 11.3. The summed E-state index contributed by atoms with van der Waals surface area (Å²) < 4.78 is 0. The topological polar surface area (TPSA) is 40.5 Å². The first-order valence-corrected chi connectivity index (χ1v) is 7.81. The van der Waals surface area contributed by atoms with Gasteiger partial charge in [0.2, 0.25) is 0 Å². The third-order valence-electron chi connectivity index (χ3n) is 5.39. The first kappa shape index (κ1) is 14.8. The van der Waals surface area contributed by atoms with E-state index >= 15 is 0 Å². The van der Waals surface area contributed by atoms with Crippen LogP contribution in [0.3, 0.4) is 0 Å². The molecule has 1 saturated carbocycles. The second kappa shape index (κ2) is 5.43. The summed E-state index contributed by atoms with van der Waals surface area (Å²) in [5, 5.41) is 9.30. The molecule has 1 aliphatic heterocycles. The molecule has 2 rings (SSSR count). The minimum atomic E-state index is -0.613. The highest BCUT2D eigenvalue weighted by Crippen LogP contribution is 2.43. The highest BCUT2D eigenvalue weighted by Gasteiger charge is 2.44. The van der Waals surface area contributed by atoms with Gasteiger partial charge >= 0.3 is 5.97 Å². The van der Waals surface area contributed by atoms with Crippen molar-refractivity contribution < 1.29 is 9.90 Å². The quantitative estimate of drug-likeness (QED) is 0.833. The predicted molar refractivity (Wildman–Crippen MR) is 77.1 cm³/mol. The number of carbonyl (C=O) groups is 1. The van der Waals surface area contributed by atoms with Gasteiger partial charge in [0.25, 0.3) is 0 Å². The fourth-order valence-corrected chi connectivity index (χ4v) is 4.28. The van der Waals surface area contributed by atoms with Crippen LogP contribution < -0.4 is 0 Å². The number of aliphatic carboxylic acids is 1. The fourth-order valence-electron chi connectivity index (χ4n) is 4.28. The Bertz CT molecular complexity index is 334. The summed E-state index contributed by atoms with van der Waals surface area (Å²) in [5.41, 5.74) is 0.326. The van der Waals surface area contributed by atoms with Crippen molar-refractivity contribution in [3.05, 3.63) is 0 Å². The van der Waals surface area contributed by atoms with E-state index in [1.807, 2.05) is 0 Å². The predicted octanol–water partition coefficient (Wildman–Crippen LogP) is 3.39. The van der Waals surface area contributed by atoms with E-state index in [1.165, 1.54) is 25.7 Å². The van der Waals surface area contributed by atoms with Gasteiger partial charge in [-0.2, -0.15) is 0 Å². The molecule has 1 heterocycles. The average Bonchev–Trinajstić information content (AvgIpc) is 2.70. The minimum absolute atomic E-state index is 0.164. The van der Waals surface area contributed by atoms with Crippen molar-refractivity contribution in [2.24, 2.45) is 17.3 Å². The molecule has 3 heteroatoms. The molecule has 0 amide bonds. The van der Waals surface area contributed by atoms with Crippen LogP contribution in [0, 0.1) is 17.3 Å². The molecule has 0 spiro atoms. The van der Waals surface area contributed by atoms with Gasteiger partial charge in [0.05, 0.1) is 5.92 Å². The molecule has 2 aliphatic rings. The Hall–Kier alpha value is -0.570. The van der Waals surface area contributed by atoms with Gasteiger partial charge in [0.15, 0.2) is 0 Å². The normalized spacial score (nSPS) is 37.5. The van der Waals surface area contributed by atoms with Gasteiger partial charge in [-0.3, -0.25) is 9.69 Å². The third-order valence-corrected chi connectivity index (χ3v) is 5.39. The molecule has 2 fully saturated rings. The van der Waals surface area contributed by atoms with Crippen molar-refractivity contribution in [3.8, 4) is 0 Å². The van der Waals surface area contributed by atoms with Gasteiger partial charge in [0, 0.05) is 12.1 Å². The zero-order chi connectivity index (χ0) is 14.2. The van der Waals surface area contributed by atoms with E-state index in [0.717, 1.165) is 13.0 Å². The lowest BCUT2D eigenvalue weighted by atomic mass is 9.69. The Labute approximate surface area is 117 Å². The summed E-state index contributed by atoms with van der Waals surface area (Å²) in [6.07, 6.45) is 6.01. The summed E-state index contributed by atoms with van der Waals surface area (Å²) in [5.74, 6) is -0.0723. The largest absolute Gasteiger partial charge is 0.481 e. The Morgan fingerprint density at radius 1 is 1.16 bits per heavy atom. The fraction of sp³-hybridized carbons (Fsp3) is 0.938. The lowest BCUT2D eigenvalue weighted by Gasteiger charge is -2.46. The van der Waals surface area contributed by atoms with E-state index in [4.69, 9.17) is 0 Å². The summed E-state index contributed by atoms with van der Waals surface area (Å²) in [4.78, 5) is 13.8. The number of carboxylic acid groups (broad SMARTS) is 1. The molecule has 1 aliphatic carbocycles. The van der Waals surface area contributed by atoms with Crippen molar-refractivity contribution >= 4 is 5.97 Å². The van der Waals surface area contributed by atoms with Gasteiger partial charge in [-0.25, -0.2) is 0 Å². The van der Waals surface area contributed by atoms with Gasteiger partial charge in [-0.15, -0.1) is 0 Å². The first-order chi connectivity index (χ1) is 8.82. The van der Waals surface area contributed by atoms with Crippen molar-refractivity contribution in [1.82, 2.24) is 4.90 Å². The van der Waals surface area contributed by atoms with Crippen LogP contribution in [0.1, 0.15) is 59.8 Å². The monoisotopic (exact) mass is 267 g/mol. The smallest absolute Gasteiger partial charge is 0.308 e. The van der Waals surface area contributed by atoms with E-state index < -0.39 is 5.97 Å². The molecule has 1 N–H and O–H groups in total. The molecule has 0 radical (unpaired) electrons. The number of hydrogen-bond donors (Lipinski definition) is 1. The molecule has 3 nitrogen and oxygen atoms in total. The van der Waals surface area contributed by atoms with Crippen LogP contribution >= 0.6 is 0 Å². The molecule has 0 aromatic heterocycles. The van der Waals surface area contributed by atoms with Crippen LogP contribution in [-0.2, 0) is 4.79 Å². The number of likely N-dealkylation sites (tertiary alicyclic amines) is 1. The zero-order valence-corrected chi connectivity index (χ0v) is 12.9. The van der Waals surface area contributed by atoms with E-state index in [0.29, 0.717) is 17.4 Å². The molecule has 19 heavy (non-hydrogen) atoms. The molecule has 0 bridgehead atoms. The van der Waals surface area contributed by atoms with Crippen molar-refractivity contribution in [2.45, 2.75) is 71.9 Å². The SMILES string of the molecule is CC1C(C(=O)O)CCN1C1CCCCC1C(C)(C)C. The van der Waals surface area contributed by atoms with Gasteiger partial charge in [0.1, 0.15) is 0 Å². The second-order valence-electron chi connectivity index (χ2n) is 7.54. The van der Waals surface area contributed by atoms with Crippen molar-refractivity contribution in [1.29, 1.82) is 0 Å². The summed E-state index contributed by atoms with van der Waals surface area (Å²) >= 11 is 0. The van der Waals surface area contributed by atoms with E-state index in [-0.39, 0.29) is 12.0 Å². The number of carboxylic acids is 1. The Morgan fingerprint density at radius 2 is 1.79 bits per heavy atom. The number of nitrogens with zero attached hydrogens (tertiary/aromatic N) is 1. The van der Waals surface area contributed by atoms with Crippen LogP contribution in [0.25, 0.3) is 0 Å². The maximum atomic E-state index is 11.3. The van der Waals surface area contributed by atoms with E-state index in [1.54, 1.807) is 0 Å². The van der Waals surface area contributed by atoms with Crippen LogP contribution in [0.2, 0.25) is 0 Å². The number of hydrogen-bond acceptors (Lipinski definition) is 2. The average molecular weight is 267 g/mol. The molecule has 0 aromatic carbocycles. The molecular formula is C16H29NO2. The Balaban J connectivity index is 2.13. The lowest BCUT2D eigenvalue weighted by molar-refractivity contribution is -0.142. The minimum Gasteiger partial charge on any atom is -0.481 e. The van der Waals surface area contributed by atoms with Gasteiger partial charge in [-0.1, -0.05) is 33.6 Å². The molecule has 0 aromatic rings. The standard InChI is InChI=1S/C16H29NO2/c1-11-12(15(18)19)9-10-17(11)14-8-6-5-7-13(14)16(2,3)4/h11-14H,5-10H2,1-4H3,(H,18,19). The second-order valence-corrected chi connectivity index (χ2v) is 7.54. The molecular weight excluding hydrogens is 238 g/mol. The first-order valence-electron chi connectivity index (χ1n) is 7.81. The number of rotatable bonds is 2. The Morgan fingerprint density at radius 3 is 2.32 bits per heavy atom. The summed E-state index contributed by atoms with van der Waals surface area (Å²) in [7, 11) is 0. The lowest BCUT2D eigenvalue weighted by Crippen LogP contribution is -2.49.